The zero-order valence-electron chi connectivity index (χ0n) is 28.5. The lowest BCUT2D eigenvalue weighted by atomic mass is 9.80. The van der Waals surface area contributed by atoms with Gasteiger partial charge in [-0.15, -0.1) is 0 Å². The quantitative estimate of drug-likeness (QED) is 0.238. The number of imide groups is 2. The van der Waals surface area contributed by atoms with Crippen molar-refractivity contribution in [3.8, 4) is 0 Å². The number of carbonyl (C=O) groups excluding carboxylic acids is 4. The fourth-order valence-electron chi connectivity index (χ4n) is 5.84. The van der Waals surface area contributed by atoms with Crippen molar-refractivity contribution in [3.63, 3.8) is 0 Å². The number of benzene rings is 2. The number of amides is 4. The Bertz CT molecular complexity index is 1580. The largest absolute Gasteiger partial charge is 0.499 e. The molecular weight excluding hydrogens is 657 g/mol. The molecule has 13 heteroatoms. The number of nitrogens with zero attached hydrogens (tertiary/aromatic N) is 3. The molecule has 0 unspecified atom stereocenters. The van der Waals surface area contributed by atoms with E-state index in [2.05, 4.69) is 16.3 Å². The van der Waals surface area contributed by atoms with E-state index in [0.29, 0.717) is 36.8 Å². The Labute approximate surface area is 297 Å². The lowest BCUT2D eigenvalue weighted by Gasteiger charge is -2.32. The van der Waals surface area contributed by atoms with Crippen molar-refractivity contribution >= 4 is 41.9 Å². The standard InChI is InChI=1S/C19H21FN2O2.C13H17N2O2.C6H6BFO2/c20-16-5-7-17(8-6-16)21-13-10-15(11-14-21)4-9-19(24)22-12-2-1-3-18(22)23;16-12-3-1-2-10-15(12)13(17)5-4-11-6-8-14-9-7-11;8-6-3-1-5(2-4-6)7(9)10/h1,3-9,15H,2,10-14H2;1,4-5,11,14H,2,6-10H2;1-4,9-10H/q;+1;/b9-4+;5-4+;. The molecule has 0 atom stereocenters. The molecule has 4 aliphatic heterocycles. The second-order valence-corrected chi connectivity index (χ2v) is 12.5. The summed E-state index contributed by atoms with van der Waals surface area (Å²) >= 11 is 0. The number of anilines is 1. The molecule has 0 saturated carbocycles. The van der Waals surface area contributed by atoms with Gasteiger partial charge < -0.3 is 20.3 Å². The first-order chi connectivity index (χ1) is 24.6. The molecule has 4 amide bonds. The summed E-state index contributed by atoms with van der Waals surface area (Å²) in [7, 11) is -1.51. The predicted molar refractivity (Wildman–Crippen MR) is 191 cm³/mol. The Kier molecular flexibility index (Phi) is 15.4. The van der Waals surface area contributed by atoms with Gasteiger partial charge >= 0.3 is 19.1 Å². The average Bonchev–Trinajstić information content (AvgIpc) is 3.15. The van der Waals surface area contributed by atoms with Crippen molar-refractivity contribution in [1.82, 2.24) is 15.1 Å². The van der Waals surface area contributed by atoms with Crippen molar-refractivity contribution in [2.24, 2.45) is 11.8 Å². The van der Waals surface area contributed by atoms with Crippen molar-refractivity contribution in [1.29, 1.82) is 0 Å². The third-order valence-corrected chi connectivity index (χ3v) is 8.85. The van der Waals surface area contributed by atoms with Crippen LogP contribution in [-0.4, -0.2) is 89.9 Å². The monoisotopic (exact) mass is 701 g/mol. The van der Waals surface area contributed by atoms with Crippen LogP contribution < -0.4 is 15.7 Å². The van der Waals surface area contributed by atoms with Crippen molar-refractivity contribution in [2.45, 2.75) is 38.5 Å². The molecule has 4 heterocycles. The van der Waals surface area contributed by atoms with Crippen LogP contribution in [0.5, 0.6) is 0 Å². The number of hydrogen-bond donors (Lipinski definition) is 3. The summed E-state index contributed by atoms with van der Waals surface area (Å²) in [6.07, 6.45) is 19.9. The summed E-state index contributed by atoms with van der Waals surface area (Å²) in [6.45, 7) is 4.69. The van der Waals surface area contributed by atoms with Gasteiger partial charge in [-0.1, -0.05) is 30.4 Å². The maximum Gasteiger partial charge on any atom is 0.499 e. The highest BCUT2D eigenvalue weighted by Gasteiger charge is 2.30. The van der Waals surface area contributed by atoms with Crippen LogP contribution in [-0.2, 0) is 19.2 Å². The molecule has 10 nitrogen and oxygen atoms in total. The lowest BCUT2D eigenvalue weighted by Crippen LogP contribution is -2.37. The zero-order chi connectivity index (χ0) is 36.6. The molecule has 3 N–H and O–H groups in total. The van der Waals surface area contributed by atoms with Crippen LogP contribution in [0.4, 0.5) is 14.5 Å². The Morgan fingerprint density at radius 1 is 0.765 bits per heavy atom. The van der Waals surface area contributed by atoms with Gasteiger partial charge in [0.05, 0.1) is 0 Å². The van der Waals surface area contributed by atoms with Crippen LogP contribution >= 0.6 is 0 Å². The first-order valence-electron chi connectivity index (χ1n) is 17.3. The third-order valence-electron chi connectivity index (χ3n) is 8.85. The van der Waals surface area contributed by atoms with Gasteiger partial charge in [0.2, 0.25) is 0 Å². The number of carbonyl (C=O) groups is 4. The number of halogens is 2. The van der Waals surface area contributed by atoms with E-state index in [9.17, 15) is 28.0 Å². The SMILES string of the molecule is O=C1C=CCCN1C(=O)/C=C/C1CCN(c2ccc(F)cc2)CC1.O=C1[C+]=CCCN1C(=O)/C=C/C1CCNCC1.OB(O)c1ccc(F)cc1. The normalized spacial score (nSPS) is 18.2. The fourth-order valence-corrected chi connectivity index (χ4v) is 5.84. The first kappa shape index (κ1) is 39.0. The lowest BCUT2D eigenvalue weighted by molar-refractivity contribution is -0.141. The van der Waals surface area contributed by atoms with Gasteiger partial charge in [-0.05, 0) is 117 Å². The zero-order valence-corrected chi connectivity index (χ0v) is 28.5. The number of rotatable bonds is 6. The van der Waals surface area contributed by atoms with Gasteiger partial charge in [0, 0.05) is 38.3 Å². The summed E-state index contributed by atoms with van der Waals surface area (Å²) in [4.78, 5) is 51.7. The van der Waals surface area contributed by atoms with E-state index in [1.54, 1.807) is 30.4 Å². The predicted octanol–water partition coefficient (Wildman–Crippen LogP) is 3.08. The Balaban J connectivity index is 0.000000188. The highest BCUT2D eigenvalue weighted by atomic mass is 19.1. The number of nitrogens with one attached hydrogen (secondary N) is 1. The van der Waals surface area contributed by atoms with Gasteiger partial charge in [0.1, 0.15) is 11.6 Å². The van der Waals surface area contributed by atoms with E-state index in [4.69, 9.17) is 10.0 Å². The Morgan fingerprint density at radius 3 is 1.88 bits per heavy atom. The molecule has 2 aromatic rings. The average molecular weight is 702 g/mol. The smallest absolute Gasteiger partial charge is 0.423 e. The van der Waals surface area contributed by atoms with E-state index in [1.165, 1.54) is 58.4 Å². The van der Waals surface area contributed by atoms with Crippen LogP contribution in [0.15, 0.2) is 91.1 Å². The first-order valence-corrected chi connectivity index (χ1v) is 17.3. The second kappa shape index (κ2) is 20.1. The summed E-state index contributed by atoms with van der Waals surface area (Å²) in [5.41, 5.74) is 1.32. The van der Waals surface area contributed by atoms with Crippen LogP contribution in [0, 0.1) is 29.5 Å². The molecule has 2 aromatic carbocycles. The number of hydrogen-bond acceptors (Lipinski definition) is 8. The molecule has 0 aliphatic carbocycles. The van der Waals surface area contributed by atoms with E-state index in [0.717, 1.165) is 64.0 Å². The number of piperidine rings is 2. The highest BCUT2D eigenvalue weighted by molar-refractivity contribution is 6.58. The van der Waals surface area contributed by atoms with Crippen LogP contribution in [0.1, 0.15) is 38.5 Å². The van der Waals surface area contributed by atoms with Gasteiger partial charge in [-0.2, -0.15) is 0 Å². The van der Waals surface area contributed by atoms with E-state index in [-0.39, 0.29) is 35.3 Å². The summed E-state index contributed by atoms with van der Waals surface area (Å²) in [5, 5.41) is 20.4. The van der Waals surface area contributed by atoms with Crippen LogP contribution in [0.25, 0.3) is 0 Å². The van der Waals surface area contributed by atoms with Crippen LogP contribution in [0.3, 0.4) is 0 Å². The maximum atomic E-state index is 13.0. The van der Waals surface area contributed by atoms with Crippen LogP contribution in [0.2, 0.25) is 0 Å². The van der Waals surface area contributed by atoms with Gasteiger partial charge in [0.25, 0.3) is 17.7 Å². The molecule has 2 fully saturated rings. The van der Waals surface area contributed by atoms with Gasteiger partial charge in [0.15, 0.2) is 6.08 Å². The highest BCUT2D eigenvalue weighted by Crippen LogP contribution is 2.24. The Morgan fingerprint density at radius 2 is 1.31 bits per heavy atom. The Hall–Kier alpha value is -4.81. The molecule has 0 spiro atoms. The minimum Gasteiger partial charge on any atom is -0.423 e. The fraction of sp³-hybridized carbons (Fsp3) is 0.368. The van der Waals surface area contributed by atoms with E-state index in [1.807, 2.05) is 12.2 Å². The molecule has 268 valence electrons. The summed E-state index contributed by atoms with van der Waals surface area (Å²) in [6, 6.07) is 11.5. The van der Waals surface area contributed by atoms with Crippen molar-refractivity contribution in [2.75, 3.05) is 44.2 Å². The summed E-state index contributed by atoms with van der Waals surface area (Å²) < 4.78 is 25.2. The molecule has 0 bridgehead atoms. The number of allylic oxidation sites excluding steroid dienone is 2. The van der Waals surface area contributed by atoms with Gasteiger partial charge in [-0.25, -0.2) is 18.5 Å². The molecular formula is C38H44BF2N4O6+. The molecule has 0 radical (unpaired) electrons. The second-order valence-electron chi connectivity index (χ2n) is 12.5. The third kappa shape index (κ3) is 12.8. The molecule has 0 aromatic heterocycles. The van der Waals surface area contributed by atoms with Crippen molar-refractivity contribution in [3.05, 3.63) is 109 Å². The van der Waals surface area contributed by atoms with E-state index >= 15 is 0 Å². The summed E-state index contributed by atoms with van der Waals surface area (Å²) in [5.74, 6) is -0.819. The minimum atomic E-state index is -1.51. The topological polar surface area (TPSA) is 130 Å². The minimum absolute atomic E-state index is 0.214. The molecule has 4 aliphatic rings. The molecule has 2 saturated heterocycles. The van der Waals surface area contributed by atoms with Gasteiger partial charge in [-0.3, -0.25) is 19.3 Å². The molecule has 6 rings (SSSR count). The maximum absolute atomic E-state index is 13.0. The molecule has 51 heavy (non-hydrogen) atoms. The van der Waals surface area contributed by atoms with Crippen molar-refractivity contribution < 1.29 is 38.0 Å². The van der Waals surface area contributed by atoms with E-state index < -0.39 is 7.12 Å².